The van der Waals surface area contributed by atoms with Crippen molar-refractivity contribution in [2.75, 3.05) is 13.6 Å². The highest BCUT2D eigenvalue weighted by atomic mass is 32.2. The molecule has 1 aliphatic carbocycles. The van der Waals surface area contributed by atoms with E-state index in [2.05, 4.69) is 18.3 Å². The molecule has 0 aromatic carbocycles. The molecule has 0 aromatic heterocycles. The van der Waals surface area contributed by atoms with Crippen molar-refractivity contribution >= 4 is 11.9 Å². The Morgan fingerprint density at radius 3 is 3.00 bits per heavy atom. The minimum Gasteiger partial charge on any atom is -0.246 e. The Balaban J connectivity index is 1.97. The van der Waals surface area contributed by atoms with Crippen LogP contribution in [0.3, 0.4) is 0 Å². The van der Waals surface area contributed by atoms with Gasteiger partial charge in [0.25, 0.3) is 0 Å². The highest BCUT2D eigenvalue weighted by Gasteiger charge is 2.41. The van der Waals surface area contributed by atoms with E-state index in [0.29, 0.717) is 0 Å². The van der Waals surface area contributed by atoms with E-state index in [4.69, 9.17) is 0 Å². The van der Waals surface area contributed by atoms with E-state index in [0.717, 1.165) is 5.92 Å². The van der Waals surface area contributed by atoms with E-state index < -0.39 is 0 Å². The van der Waals surface area contributed by atoms with Gasteiger partial charge in [-0.1, -0.05) is 6.92 Å². The van der Waals surface area contributed by atoms with Gasteiger partial charge in [-0.2, -0.15) is 0 Å². The van der Waals surface area contributed by atoms with E-state index in [9.17, 15) is 0 Å². The number of hydrogen-bond donors (Lipinski definition) is 0. The zero-order valence-corrected chi connectivity index (χ0v) is 6.66. The average Bonchev–Trinajstić information content (AvgIpc) is 2.30. The average molecular weight is 141 g/mol. The van der Waals surface area contributed by atoms with Crippen molar-refractivity contribution < 1.29 is 0 Å². The van der Waals surface area contributed by atoms with E-state index in [1.807, 2.05) is 11.9 Å². The van der Waals surface area contributed by atoms with Crippen molar-refractivity contribution in [2.24, 2.45) is 5.92 Å². The molecule has 2 heteroatoms. The van der Waals surface area contributed by atoms with Crippen LogP contribution in [0.5, 0.6) is 0 Å². The molecular formula is C7H11NS. The SMILES string of the molecule is CCC1C2=C1SN(C)C2. The van der Waals surface area contributed by atoms with Crippen molar-refractivity contribution in [1.82, 2.24) is 4.31 Å². The summed E-state index contributed by atoms with van der Waals surface area (Å²) in [4.78, 5) is 1.67. The molecule has 1 nitrogen and oxygen atoms in total. The van der Waals surface area contributed by atoms with Gasteiger partial charge in [-0.05, 0) is 31.0 Å². The first-order valence-electron chi connectivity index (χ1n) is 3.45. The summed E-state index contributed by atoms with van der Waals surface area (Å²) in [6.45, 7) is 3.49. The minimum absolute atomic E-state index is 0.909. The molecule has 0 saturated carbocycles. The van der Waals surface area contributed by atoms with E-state index in [1.54, 1.807) is 10.5 Å². The summed E-state index contributed by atoms with van der Waals surface area (Å²) in [6, 6.07) is 0. The van der Waals surface area contributed by atoms with Crippen LogP contribution in [-0.4, -0.2) is 17.9 Å². The smallest absolute Gasteiger partial charge is 0.0317 e. The van der Waals surface area contributed by atoms with Crippen LogP contribution in [0.2, 0.25) is 0 Å². The summed E-state index contributed by atoms with van der Waals surface area (Å²) in [5.74, 6) is 0.909. The summed E-state index contributed by atoms with van der Waals surface area (Å²) in [7, 11) is 2.16. The van der Waals surface area contributed by atoms with Crippen LogP contribution in [-0.2, 0) is 0 Å². The lowest BCUT2D eigenvalue weighted by molar-refractivity contribution is 0.603. The lowest BCUT2D eigenvalue weighted by Gasteiger charge is -2.12. The van der Waals surface area contributed by atoms with Crippen LogP contribution in [0.1, 0.15) is 13.3 Å². The number of nitrogens with zero attached hydrogens (tertiary/aromatic N) is 1. The molecule has 1 unspecified atom stereocenters. The second-order valence-corrected chi connectivity index (χ2v) is 3.97. The Morgan fingerprint density at radius 2 is 2.56 bits per heavy atom. The third-order valence-corrected chi connectivity index (χ3v) is 3.21. The molecule has 2 rings (SSSR count). The molecule has 50 valence electrons. The van der Waals surface area contributed by atoms with Gasteiger partial charge in [-0.15, -0.1) is 0 Å². The summed E-state index contributed by atoms with van der Waals surface area (Å²) in [5, 5.41) is 0. The summed E-state index contributed by atoms with van der Waals surface area (Å²) in [6.07, 6.45) is 1.32. The monoisotopic (exact) mass is 141 g/mol. The maximum Gasteiger partial charge on any atom is 0.0317 e. The van der Waals surface area contributed by atoms with Crippen LogP contribution >= 0.6 is 11.9 Å². The topological polar surface area (TPSA) is 3.24 Å². The molecule has 0 bridgehead atoms. The molecule has 0 aromatic rings. The molecule has 9 heavy (non-hydrogen) atoms. The van der Waals surface area contributed by atoms with Crippen LogP contribution in [0, 0.1) is 5.92 Å². The molecule has 0 saturated heterocycles. The summed E-state index contributed by atoms with van der Waals surface area (Å²) >= 11 is 1.94. The fourth-order valence-electron chi connectivity index (χ4n) is 1.48. The molecule has 0 fully saturated rings. The van der Waals surface area contributed by atoms with Crippen LogP contribution < -0.4 is 0 Å². The first kappa shape index (κ1) is 5.81. The summed E-state index contributed by atoms with van der Waals surface area (Å²) < 4.78 is 2.30. The Bertz CT molecular complexity index is 158. The second kappa shape index (κ2) is 1.77. The Hall–Kier alpha value is 0.0500. The molecule has 1 atom stereocenters. The molecular weight excluding hydrogens is 130 g/mol. The fourth-order valence-corrected chi connectivity index (χ4v) is 2.72. The quantitative estimate of drug-likeness (QED) is 0.513. The zero-order valence-electron chi connectivity index (χ0n) is 5.85. The van der Waals surface area contributed by atoms with Crippen molar-refractivity contribution in [3.63, 3.8) is 0 Å². The molecule has 0 spiro atoms. The van der Waals surface area contributed by atoms with Gasteiger partial charge >= 0.3 is 0 Å². The van der Waals surface area contributed by atoms with Gasteiger partial charge < -0.3 is 0 Å². The standard InChI is InChI=1S/C7H11NS/c1-3-5-6-4-8(2)9-7(5)6/h5H,3-4H2,1-2H3. The second-order valence-electron chi connectivity index (χ2n) is 2.73. The Morgan fingerprint density at radius 1 is 1.78 bits per heavy atom. The Labute approximate surface area is 60.2 Å². The molecule has 0 radical (unpaired) electrons. The molecule has 2 aliphatic rings. The van der Waals surface area contributed by atoms with Crippen LogP contribution in [0.25, 0.3) is 0 Å². The van der Waals surface area contributed by atoms with Crippen molar-refractivity contribution in [3.8, 4) is 0 Å². The third-order valence-electron chi connectivity index (χ3n) is 2.03. The van der Waals surface area contributed by atoms with E-state index in [-0.39, 0.29) is 0 Å². The normalized spacial score (nSPS) is 33.3. The van der Waals surface area contributed by atoms with Crippen molar-refractivity contribution in [3.05, 3.63) is 10.5 Å². The molecule has 0 amide bonds. The van der Waals surface area contributed by atoms with Crippen LogP contribution in [0.15, 0.2) is 10.5 Å². The van der Waals surface area contributed by atoms with Crippen LogP contribution in [0.4, 0.5) is 0 Å². The molecule has 1 aliphatic heterocycles. The number of hydrogen-bond acceptors (Lipinski definition) is 2. The van der Waals surface area contributed by atoms with E-state index >= 15 is 0 Å². The molecule has 0 N–H and O–H groups in total. The predicted octanol–water partition coefficient (Wildman–Crippen LogP) is 1.87. The predicted molar refractivity (Wildman–Crippen MR) is 41.0 cm³/mol. The summed E-state index contributed by atoms with van der Waals surface area (Å²) in [5.41, 5.74) is 1.71. The maximum absolute atomic E-state index is 2.30. The fraction of sp³-hybridized carbons (Fsp3) is 0.714. The first-order valence-corrected chi connectivity index (χ1v) is 4.22. The Kier molecular flexibility index (Phi) is 1.14. The first-order chi connectivity index (χ1) is 4.33. The van der Waals surface area contributed by atoms with Gasteiger partial charge in [0, 0.05) is 17.4 Å². The number of likely N-dealkylation sites (N-methyl/N-ethyl adjacent to an activating group) is 1. The number of allylic oxidation sites excluding steroid dienone is 1. The van der Waals surface area contributed by atoms with Gasteiger partial charge in [-0.25, -0.2) is 4.31 Å². The lowest BCUT2D eigenvalue weighted by Crippen LogP contribution is -2.09. The van der Waals surface area contributed by atoms with Gasteiger partial charge in [-0.3, -0.25) is 0 Å². The number of rotatable bonds is 1. The van der Waals surface area contributed by atoms with Gasteiger partial charge in [0.15, 0.2) is 0 Å². The minimum atomic E-state index is 0.909. The highest BCUT2D eigenvalue weighted by Crippen LogP contribution is 2.55. The van der Waals surface area contributed by atoms with Gasteiger partial charge in [0.2, 0.25) is 0 Å². The highest BCUT2D eigenvalue weighted by molar-refractivity contribution is 8.01. The maximum atomic E-state index is 2.30. The molecule has 1 heterocycles. The zero-order chi connectivity index (χ0) is 6.43. The van der Waals surface area contributed by atoms with Gasteiger partial charge in [0.05, 0.1) is 0 Å². The van der Waals surface area contributed by atoms with Crippen molar-refractivity contribution in [2.45, 2.75) is 13.3 Å². The van der Waals surface area contributed by atoms with Crippen molar-refractivity contribution in [1.29, 1.82) is 0 Å². The lowest BCUT2D eigenvalue weighted by atomic mass is 10.2. The van der Waals surface area contributed by atoms with Gasteiger partial charge in [0.1, 0.15) is 0 Å². The largest absolute Gasteiger partial charge is 0.246 e. The van der Waals surface area contributed by atoms with E-state index in [1.165, 1.54) is 13.0 Å². The third kappa shape index (κ3) is 0.733.